The molecule has 7 nitrogen and oxygen atoms in total. The Labute approximate surface area is 129 Å². The van der Waals surface area contributed by atoms with E-state index in [2.05, 4.69) is 10.3 Å². The van der Waals surface area contributed by atoms with E-state index in [0.29, 0.717) is 39.5 Å². The summed E-state index contributed by atoms with van der Waals surface area (Å²) in [5, 5.41) is 2.75. The first-order valence-electron chi connectivity index (χ1n) is 7.33. The lowest BCUT2D eigenvalue weighted by atomic mass is 10.2. The average Bonchev–Trinajstić information content (AvgIpc) is 2.59. The Bertz CT molecular complexity index is 515. The van der Waals surface area contributed by atoms with E-state index >= 15 is 0 Å². The Kier molecular flexibility index (Phi) is 6.29. The van der Waals surface area contributed by atoms with Crippen molar-refractivity contribution in [3.63, 3.8) is 0 Å². The van der Waals surface area contributed by atoms with E-state index in [1.54, 1.807) is 30.2 Å². The van der Waals surface area contributed by atoms with Gasteiger partial charge in [-0.3, -0.25) is 9.59 Å². The van der Waals surface area contributed by atoms with Crippen LogP contribution in [-0.2, 0) is 9.47 Å². The highest BCUT2D eigenvalue weighted by molar-refractivity contribution is 5.96. The minimum Gasteiger partial charge on any atom is -0.385 e. The van der Waals surface area contributed by atoms with Crippen molar-refractivity contribution in [1.29, 1.82) is 0 Å². The summed E-state index contributed by atoms with van der Waals surface area (Å²) >= 11 is 0. The van der Waals surface area contributed by atoms with Crippen molar-refractivity contribution in [2.75, 3.05) is 46.6 Å². The van der Waals surface area contributed by atoms with Crippen molar-refractivity contribution in [3.8, 4) is 0 Å². The molecule has 0 bridgehead atoms. The van der Waals surface area contributed by atoms with Crippen LogP contribution < -0.4 is 5.32 Å². The molecule has 2 amide bonds. The fourth-order valence-electron chi connectivity index (χ4n) is 2.12. The molecule has 0 radical (unpaired) electrons. The van der Waals surface area contributed by atoms with Gasteiger partial charge in [-0.25, -0.2) is 4.98 Å². The molecule has 0 saturated carbocycles. The van der Waals surface area contributed by atoms with E-state index in [1.807, 2.05) is 0 Å². The third-order valence-corrected chi connectivity index (χ3v) is 3.31. The fourth-order valence-corrected chi connectivity index (χ4v) is 2.12. The molecule has 0 unspecified atom stereocenters. The van der Waals surface area contributed by atoms with E-state index in [-0.39, 0.29) is 23.2 Å². The lowest BCUT2D eigenvalue weighted by Gasteiger charge is -2.26. The SMILES string of the molecule is COCCCNC(=O)c1cccc(C(=O)N2CCOCC2)n1. The monoisotopic (exact) mass is 307 g/mol. The first-order chi connectivity index (χ1) is 10.7. The average molecular weight is 307 g/mol. The molecule has 1 saturated heterocycles. The Hall–Kier alpha value is -1.99. The van der Waals surface area contributed by atoms with Gasteiger partial charge in [0.05, 0.1) is 13.2 Å². The lowest BCUT2D eigenvalue weighted by Crippen LogP contribution is -2.41. The van der Waals surface area contributed by atoms with Gasteiger partial charge >= 0.3 is 0 Å². The Morgan fingerprint density at radius 1 is 1.32 bits per heavy atom. The molecule has 120 valence electrons. The number of morpholine rings is 1. The van der Waals surface area contributed by atoms with Crippen LogP contribution in [0.2, 0.25) is 0 Å². The maximum Gasteiger partial charge on any atom is 0.272 e. The van der Waals surface area contributed by atoms with Gasteiger partial charge in [-0.1, -0.05) is 6.07 Å². The van der Waals surface area contributed by atoms with Gasteiger partial charge in [-0.15, -0.1) is 0 Å². The van der Waals surface area contributed by atoms with Crippen LogP contribution in [0.15, 0.2) is 18.2 Å². The number of methoxy groups -OCH3 is 1. The Morgan fingerprint density at radius 3 is 2.77 bits per heavy atom. The van der Waals surface area contributed by atoms with Gasteiger partial charge < -0.3 is 19.7 Å². The van der Waals surface area contributed by atoms with Crippen LogP contribution in [0.4, 0.5) is 0 Å². The van der Waals surface area contributed by atoms with Gasteiger partial charge in [-0.05, 0) is 18.6 Å². The highest BCUT2D eigenvalue weighted by Crippen LogP contribution is 2.06. The zero-order valence-electron chi connectivity index (χ0n) is 12.7. The van der Waals surface area contributed by atoms with Crippen molar-refractivity contribution in [2.45, 2.75) is 6.42 Å². The number of amides is 2. The zero-order chi connectivity index (χ0) is 15.8. The summed E-state index contributed by atoms with van der Waals surface area (Å²) in [6, 6.07) is 4.89. The predicted octanol–water partition coefficient (Wildman–Crippen LogP) is 0.320. The number of hydrogen-bond donors (Lipinski definition) is 1. The Morgan fingerprint density at radius 2 is 2.05 bits per heavy atom. The molecule has 1 N–H and O–H groups in total. The van der Waals surface area contributed by atoms with Gasteiger partial charge in [0, 0.05) is 33.4 Å². The van der Waals surface area contributed by atoms with Crippen molar-refractivity contribution < 1.29 is 19.1 Å². The normalized spacial score (nSPS) is 14.7. The summed E-state index contributed by atoms with van der Waals surface area (Å²) in [4.78, 5) is 30.2. The molecule has 1 aromatic rings. The van der Waals surface area contributed by atoms with Crippen LogP contribution in [0.3, 0.4) is 0 Å². The number of ether oxygens (including phenoxy) is 2. The largest absolute Gasteiger partial charge is 0.385 e. The highest BCUT2D eigenvalue weighted by atomic mass is 16.5. The maximum atomic E-state index is 12.3. The molecule has 1 aliphatic rings. The second kappa shape index (κ2) is 8.45. The van der Waals surface area contributed by atoms with E-state index in [9.17, 15) is 9.59 Å². The third kappa shape index (κ3) is 4.51. The van der Waals surface area contributed by atoms with Crippen LogP contribution >= 0.6 is 0 Å². The van der Waals surface area contributed by atoms with Gasteiger partial charge in [0.25, 0.3) is 11.8 Å². The van der Waals surface area contributed by atoms with Crippen LogP contribution in [0.25, 0.3) is 0 Å². The molecular weight excluding hydrogens is 286 g/mol. The second-order valence-electron chi connectivity index (χ2n) is 4.91. The minimum absolute atomic E-state index is 0.169. The van der Waals surface area contributed by atoms with E-state index in [1.165, 1.54) is 0 Å². The summed E-state index contributed by atoms with van der Waals surface area (Å²) in [7, 11) is 1.62. The van der Waals surface area contributed by atoms with Crippen molar-refractivity contribution in [1.82, 2.24) is 15.2 Å². The van der Waals surface area contributed by atoms with Crippen molar-refractivity contribution in [2.24, 2.45) is 0 Å². The number of nitrogens with one attached hydrogen (secondary N) is 1. The topological polar surface area (TPSA) is 80.8 Å². The summed E-state index contributed by atoms with van der Waals surface area (Å²) in [6.45, 7) is 3.26. The van der Waals surface area contributed by atoms with E-state index < -0.39 is 0 Å². The fraction of sp³-hybridized carbons (Fsp3) is 0.533. The van der Waals surface area contributed by atoms with E-state index in [4.69, 9.17) is 9.47 Å². The molecule has 0 aliphatic carbocycles. The first kappa shape index (κ1) is 16.4. The maximum absolute atomic E-state index is 12.3. The molecule has 2 heterocycles. The van der Waals surface area contributed by atoms with Crippen molar-refractivity contribution in [3.05, 3.63) is 29.6 Å². The minimum atomic E-state index is -0.285. The highest BCUT2D eigenvalue weighted by Gasteiger charge is 2.20. The van der Waals surface area contributed by atoms with E-state index in [0.717, 1.165) is 6.42 Å². The molecule has 1 aliphatic heterocycles. The number of carbonyl (C=O) groups is 2. The molecule has 2 rings (SSSR count). The smallest absolute Gasteiger partial charge is 0.272 e. The lowest BCUT2D eigenvalue weighted by molar-refractivity contribution is 0.0299. The predicted molar refractivity (Wildman–Crippen MR) is 79.8 cm³/mol. The standard InChI is InChI=1S/C15H21N3O4/c1-21-9-3-6-16-14(19)12-4-2-5-13(17-12)15(20)18-7-10-22-11-8-18/h2,4-5H,3,6-11H2,1H3,(H,16,19). The number of hydrogen-bond acceptors (Lipinski definition) is 5. The molecule has 0 aromatic carbocycles. The van der Waals surface area contributed by atoms with Gasteiger partial charge in [-0.2, -0.15) is 0 Å². The van der Waals surface area contributed by atoms with Gasteiger partial charge in [0.15, 0.2) is 0 Å². The zero-order valence-corrected chi connectivity index (χ0v) is 12.7. The second-order valence-corrected chi connectivity index (χ2v) is 4.91. The van der Waals surface area contributed by atoms with Crippen molar-refractivity contribution >= 4 is 11.8 Å². The van der Waals surface area contributed by atoms with Crippen LogP contribution in [-0.4, -0.2) is 68.3 Å². The molecule has 1 fully saturated rings. The van der Waals surface area contributed by atoms with Gasteiger partial charge in [0.2, 0.25) is 0 Å². The van der Waals surface area contributed by atoms with Crippen LogP contribution in [0.1, 0.15) is 27.4 Å². The number of pyridine rings is 1. The number of aromatic nitrogens is 1. The number of rotatable bonds is 6. The Balaban J connectivity index is 1.96. The van der Waals surface area contributed by atoms with Crippen LogP contribution in [0, 0.1) is 0 Å². The van der Waals surface area contributed by atoms with Gasteiger partial charge in [0.1, 0.15) is 11.4 Å². The summed E-state index contributed by atoms with van der Waals surface area (Å²) in [5.41, 5.74) is 0.531. The third-order valence-electron chi connectivity index (χ3n) is 3.31. The first-order valence-corrected chi connectivity index (χ1v) is 7.33. The molecular formula is C15H21N3O4. The quantitative estimate of drug-likeness (QED) is 0.766. The summed E-state index contributed by atoms with van der Waals surface area (Å²) in [6.07, 6.45) is 0.731. The summed E-state index contributed by atoms with van der Waals surface area (Å²) < 4.78 is 10.1. The molecule has 7 heteroatoms. The summed E-state index contributed by atoms with van der Waals surface area (Å²) in [5.74, 6) is -0.454. The molecule has 22 heavy (non-hydrogen) atoms. The number of nitrogens with zero attached hydrogens (tertiary/aromatic N) is 2. The molecule has 0 spiro atoms. The number of carbonyl (C=O) groups excluding carboxylic acids is 2. The van der Waals surface area contributed by atoms with Crippen LogP contribution in [0.5, 0.6) is 0 Å². The molecule has 0 atom stereocenters. The molecule has 1 aromatic heterocycles.